The second-order valence-corrected chi connectivity index (χ2v) is 10.4. The molecular formula is C25H33NO6S. The molecule has 0 saturated carbocycles. The summed E-state index contributed by atoms with van der Waals surface area (Å²) < 4.78 is 36.2. The molecule has 0 saturated heterocycles. The van der Waals surface area contributed by atoms with Crippen LogP contribution in [0, 0.1) is 11.8 Å². The third-order valence-electron chi connectivity index (χ3n) is 4.61. The summed E-state index contributed by atoms with van der Waals surface area (Å²) in [5.41, 5.74) is 0.773. The predicted molar refractivity (Wildman–Crippen MR) is 126 cm³/mol. The predicted octanol–water partition coefficient (Wildman–Crippen LogP) is 4.66. The molecule has 33 heavy (non-hydrogen) atoms. The molecule has 0 heterocycles. The molecule has 0 unspecified atom stereocenters. The van der Waals surface area contributed by atoms with Gasteiger partial charge >= 0.3 is 16.1 Å². The van der Waals surface area contributed by atoms with E-state index in [0.29, 0.717) is 19.0 Å². The summed E-state index contributed by atoms with van der Waals surface area (Å²) in [6.45, 7) is 12.3. The van der Waals surface area contributed by atoms with Gasteiger partial charge < -0.3 is 13.8 Å². The molecule has 2 aromatic rings. The Kier molecular flexibility index (Phi) is 9.05. The van der Waals surface area contributed by atoms with Crippen molar-refractivity contribution in [3.05, 3.63) is 59.7 Å². The van der Waals surface area contributed by atoms with Gasteiger partial charge in [-0.3, -0.25) is 4.79 Å². The zero-order valence-electron chi connectivity index (χ0n) is 20.1. The Morgan fingerprint density at radius 1 is 0.909 bits per heavy atom. The van der Waals surface area contributed by atoms with E-state index in [0.717, 1.165) is 5.56 Å². The van der Waals surface area contributed by atoms with Gasteiger partial charge in [-0.15, -0.1) is 0 Å². The lowest BCUT2D eigenvalue weighted by Crippen LogP contribution is -2.36. The number of hydrogen-bond acceptors (Lipinski definition) is 6. The number of amides is 1. The van der Waals surface area contributed by atoms with Crippen molar-refractivity contribution in [1.82, 2.24) is 4.90 Å². The Bertz CT molecular complexity index is 1060. The maximum absolute atomic E-state index is 12.9. The van der Waals surface area contributed by atoms with Crippen LogP contribution in [0.2, 0.25) is 0 Å². The lowest BCUT2D eigenvalue weighted by Gasteiger charge is -2.26. The van der Waals surface area contributed by atoms with Crippen LogP contribution in [0.4, 0.5) is 0 Å². The van der Waals surface area contributed by atoms with E-state index in [2.05, 4.69) is 13.8 Å². The smallest absolute Gasteiger partial charge is 0.340 e. The monoisotopic (exact) mass is 475 g/mol. The van der Waals surface area contributed by atoms with E-state index in [4.69, 9.17) is 8.92 Å². The number of benzene rings is 2. The van der Waals surface area contributed by atoms with E-state index in [1.165, 1.54) is 30.3 Å². The first-order chi connectivity index (χ1) is 15.4. The maximum atomic E-state index is 12.9. The quantitative estimate of drug-likeness (QED) is 0.367. The minimum absolute atomic E-state index is 0.0662. The summed E-state index contributed by atoms with van der Waals surface area (Å²) >= 11 is 0. The van der Waals surface area contributed by atoms with Crippen LogP contribution >= 0.6 is 0 Å². The molecule has 2 aromatic carbocycles. The number of esters is 1. The van der Waals surface area contributed by atoms with Gasteiger partial charge in [-0.1, -0.05) is 52.0 Å². The molecule has 0 spiro atoms. The van der Waals surface area contributed by atoms with Gasteiger partial charge in [0.2, 0.25) is 5.91 Å². The van der Waals surface area contributed by atoms with Gasteiger partial charge in [0, 0.05) is 19.0 Å². The first-order valence-electron chi connectivity index (χ1n) is 11.0. The lowest BCUT2D eigenvalue weighted by atomic mass is 10.1. The zero-order valence-corrected chi connectivity index (χ0v) is 20.9. The Balaban J connectivity index is 2.21. The van der Waals surface area contributed by atoms with E-state index in [-0.39, 0.29) is 34.1 Å². The van der Waals surface area contributed by atoms with Crippen molar-refractivity contribution in [1.29, 1.82) is 0 Å². The summed E-state index contributed by atoms with van der Waals surface area (Å²) in [6, 6.07) is 12.3. The zero-order chi connectivity index (χ0) is 24.8. The van der Waals surface area contributed by atoms with E-state index >= 15 is 0 Å². The standard InChI is InChI=1S/C25H33NO6S/c1-17(2)15-26(24(27)18(3)4)16-20-11-13-21(14-12-20)32-33(29,30)23-10-8-7-9-22(23)25(28)31-19(5)6/h7-14,17-19H,15-16H2,1-6H3. The molecule has 180 valence electrons. The molecule has 7 nitrogen and oxygen atoms in total. The maximum Gasteiger partial charge on any atom is 0.340 e. The Hall–Kier alpha value is -2.87. The molecule has 0 aliphatic rings. The van der Waals surface area contributed by atoms with Gasteiger partial charge in [-0.05, 0) is 49.6 Å². The lowest BCUT2D eigenvalue weighted by molar-refractivity contribution is -0.135. The molecule has 0 atom stereocenters. The molecule has 0 N–H and O–H groups in total. The first-order valence-corrected chi connectivity index (χ1v) is 12.4. The normalized spacial score (nSPS) is 11.7. The van der Waals surface area contributed by atoms with Gasteiger partial charge in [0.15, 0.2) is 0 Å². The van der Waals surface area contributed by atoms with Crippen molar-refractivity contribution < 1.29 is 26.9 Å². The van der Waals surface area contributed by atoms with Gasteiger partial charge in [-0.25, -0.2) is 4.79 Å². The molecular weight excluding hydrogens is 442 g/mol. The summed E-state index contributed by atoms with van der Waals surface area (Å²) in [6.07, 6.45) is -0.389. The fraction of sp³-hybridized carbons (Fsp3) is 0.440. The number of carbonyl (C=O) groups is 2. The highest BCUT2D eigenvalue weighted by Crippen LogP contribution is 2.23. The van der Waals surface area contributed by atoms with Crippen molar-refractivity contribution in [2.75, 3.05) is 6.54 Å². The fourth-order valence-electron chi connectivity index (χ4n) is 3.21. The largest absolute Gasteiger partial charge is 0.459 e. The molecule has 0 aliphatic carbocycles. The number of nitrogens with zero attached hydrogens (tertiary/aromatic N) is 1. The third-order valence-corrected chi connectivity index (χ3v) is 5.92. The third kappa shape index (κ3) is 7.60. The van der Waals surface area contributed by atoms with Crippen molar-refractivity contribution in [3.63, 3.8) is 0 Å². The van der Waals surface area contributed by atoms with Crippen LogP contribution in [0.3, 0.4) is 0 Å². The van der Waals surface area contributed by atoms with Gasteiger partial charge in [-0.2, -0.15) is 8.42 Å². The minimum atomic E-state index is -4.27. The van der Waals surface area contributed by atoms with E-state index in [1.807, 2.05) is 13.8 Å². The highest BCUT2D eigenvalue weighted by atomic mass is 32.2. The fourth-order valence-corrected chi connectivity index (χ4v) is 4.33. The van der Waals surface area contributed by atoms with E-state index < -0.39 is 16.1 Å². The second-order valence-electron chi connectivity index (χ2n) is 8.90. The Labute approximate surface area is 196 Å². The molecule has 1 amide bonds. The summed E-state index contributed by atoms with van der Waals surface area (Å²) in [5.74, 6) is -0.349. The molecule has 0 bridgehead atoms. The number of hydrogen-bond donors (Lipinski definition) is 0. The first kappa shape index (κ1) is 26.4. The van der Waals surface area contributed by atoms with Gasteiger partial charge in [0.25, 0.3) is 0 Å². The molecule has 2 rings (SSSR count). The van der Waals surface area contributed by atoms with Crippen LogP contribution in [0.5, 0.6) is 5.75 Å². The van der Waals surface area contributed by atoms with Crippen molar-refractivity contribution in [2.45, 2.75) is 59.1 Å². The summed E-state index contributed by atoms with van der Waals surface area (Å²) in [5, 5.41) is 0. The topological polar surface area (TPSA) is 90.0 Å². The van der Waals surface area contributed by atoms with Crippen LogP contribution < -0.4 is 4.18 Å². The van der Waals surface area contributed by atoms with Gasteiger partial charge in [0.1, 0.15) is 10.6 Å². The number of carbonyl (C=O) groups excluding carboxylic acids is 2. The number of rotatable bonds is 10. The van der Waals surface area contributed by atoms with E-state index in [9.17, 15) is 18.0 Å². The molecule has 0 fully saturated rings. The molecule has 8 heteroatoms. The van der Waals surface area contributed by atoms with Crippen LogP contribution in [0.1, 0.15) is 57.5 Å². The number of ether oxygens (including phenoxy) is 1. The average molecular weight is 476 g/mol. The molecule has 0 aromatic heterocycles. The SMILES string of the molecule is CC(C)CN(Cc1ccc(OS(=O)(=O)c2ccccc2C(=O)OC(C)C)cc1)C(=O)C(C)C. The highest BCUT2D eigenvalue weighted by molar-refractivity contribution is 7.87. The summed E-state index contributed by atoms with van der Waals surface area (Å²) in [7, 11) is -4.27. The van der Waals surface area contributed by atoms with Crippen LogP contribution in [0.15, 0.2) is 53.4 Å². The van der Waals surface area contributed by atoms with Crippen molar-refractivity contribution >= 4 is 22.0 Å². The van der Waals surface area contributed by atoms with Crippen molar-refractivity contribution in [3.8, 4) is 5.75 Å². The van der Waals surface area contributed by atoms with Crippen molar-refractivity contribution in [2.24, 2.45) is 11.8 Å². The van der Waals surface area contributed by atoms with Crippen LogP contribution in [-0.4, -0.2) is 37.8 Å². The molecule has 0 radical (unpaired) electrons. The minimum Gasteiger partial charge on any atom is -0.459 e. The highest BCUT2D eigenvalue weighted by Gasteiger charge is 2.25. The Morgan fingerprint density at radius 3 is 2.06 bits per heavy atom. The Morgan fingerprint density at radius 2 is 1.52 bits per heavy atom. The van der Waals surface area contributed by atoms with Crippen LogP contribution in [-0.2, 0) is 26.2 Å². The average Bonchev–Trinajstić information content (AvgIpc) is 2.73. The van der Waals surface area contributed by atoms with Gasteiger partial charge in [0.05, 0.1) is 11.7 Å². The van der Waals surface area contributed by atoms with E-state index in [1.54, 1.807) is 36.9 Å². The van der Waals surface area contributed by atoms with Crippen LogP contribution in [0.25, 0.3) is 0 Å². The summed E-state index contributed by atoms with van der Waals surface area (Å²) in [4.78, 5) is 26.4. The second kappa shape index (κ2) is 11.3. The molecule has 0 aliphatic heterocycles.